The van der Waals surface area contributed by atoms with Crippen molar-refractivity contribution in [3.8, 4) is 0 Å². The fourth-order valence-electron chi connectivity index (χ4n) is 4.29. The zero-order chi connectivity index (χ0) is 20.2. The second-order valence-corrected chi connectivity index (χ2v) is 8.05. The third-order valence-corrected chi connectivity index (χ3v) is 6.05. The van der Waals surface area contributed by atoms with Gasteiger partial charge in [-0.25, -0.2) is 4.98 Å². The summed E-state index contributed by atoms with van der Waals surface area (Å²) >= 11 is 0. The number of benzene rings is 2. The molecule has 2 aromatic carbocycles. The van der Waals surface area contributed by atoms with E-state index in [4.69, 9.17) is 4.98 Å². The van der Waals surface area contributed by atoms with Crippen molar-refractivity contribution in [2.45, 2.75) is 52.0 Å². The van der Waals surface area contributed by atoms with Gasteiger partial charge in [0.15, 0.2) is 0 Å². The van der Waals surface area contributed by atoms with E-state index in [2.05, 4.69) is 36.6 Å². The minimum Gasteiger partial charge on any atom is -0.349 e. The molecule has 29 heavy (non-hydrogen) atoms. The molecule has 1 fully saturated rings. The van der Waals surface area contributed by atoms with Gasteiger partial charge in [-0.2, -0.15) is 0 Å². The van der Waals surface area contributed by atoms with Gasteiger partial charge in [-0.3, -0.25) is 4.79 Å². The van der Waals surface area contributed by atoms with Crippen LogP contribution in [-0.4, -0.2) is 16.9 Å². The van der Waals surface area contributed by atoms with E-state index < -0.39 is 0 Å². The smallest absolute Gasteiger partial charge is 0.252 e. The molecular formula is C25H29N3O. The van der Waals surface area contributed by atoms with Crippen molar-refractivity contribution in [3.05, 3.63) is 65.7 Å². The Morgan fingerprint density at radius 3 is 2.66 bits per heavy atom. The fourth-order valence-corrected chi connectivity index (χ4v) is 4.29. The fraction of sp³-hybridized carbons (Fsp3) is 0.360. The Hall–Kier alpha value is -2.88. The lowest BCUT2D eigenvalue weighted by Crippen LogP contribution is -2.41. The molecule has 0 saturated heterocycles. The van der Waals surface area contributed by atoms with E-state index in [1.54, 1.807) is 0 Å². The van der Waals surface area contributed by atoms with Crippen LogP contribution in [0.5, 0.6) is 0 Å². The van der Waals surface area contributed by atoms with Gasteiger partial charge in [0.2, 0.25) is 0 Å². The molecule has 1 aromatic heterocycles. The van der Waals surface area contributed by atoms with Crippen molar-refractivity contribution in [1.82, 2.24) is 10.3 Å². The lowest BCUT2D eigenvalue weighted by Gasteiger charge is -2.29. The number of carbonyl (C=O) groups is 1. The average molecular weight is 388 g/mol. The topological polar surface area (TPSA) is 54.0 Å². The van der Waals surface area contributed by atoms with Crippen LogP contribution in [0.4, 0.5) is 11.5 Å². The van der Waals surface area contributed by atoms with E-state index in [0.29, 0.717) is 17.3 Å². The number of carbonyl (C=O) groups excluding carboxylic acids is 1. The van der Waals surface area contributed by atoms with Gasteiger partial charge in [-0.15, -0.1) is 0 Å². The quantitative estimate of drug-likeness (QED) is 0.577. The second-order valence-electron chi connectivity index (χ2n) is 8.05. The third kappa shape index (κ3) is 4.26. The first-order valence-corrected chi connectivity index (χ1v) is 10.7. The van der Waals surface area contributed by atoms with Crippen LogP contribution in [0.15, 0.2) is 54.6 Å². The number of aryl methyl sites for hydroxylation is 1. The standard InChI is InChI=1S/C25H29N3O/c1-3-18-11-5-8-14-22(18)26-24-16-20(19-12-6-9-15-23(19)27-24)25(29)28-21-13-7-4-10-17(21)2/h5-6,8-9,11-12,14-17,21H,3-4,7,10,13H2,1-2H3,(H,26,27)(H,28,29)/t17-,21-/m0/s1. The molecule has 0 spiro atoms. The summed E-state index contributed by atoms with van der Waals surface area (Å²) in [4.78, 5) is 18.0. The van der Waals surface area contributed by atoms with Crippen LogP contribution >= 0.6 is 0 Å². The number of nitrogens with zero attached hydrogens (tertiary/aromatic N) is 1. The Balaban J connectivity index is 1.68. The highest BCUT2D eigenvalue weighted by Gasteiger charge is 2.24. The molecule has 1 aliphatic carbocycles. The highest BCUT2D eigenvalue weighted by atomic mass is 16.1. The largest absolute Gasteiger partial charge is 0.349 e. The lowest BCUT2D eigenvalue weighted by atomic mass is 9.86. The number of nitrogens with one attached hydrogen (secondary N) is 2. The number of rotatable bonds is 5. The maximum absolute atomic E-state index is 13.2. The number of para-hydroxylation sites is 2. The van der Waals surface area contributed by atoms with Crippen LogP contribution < -0.4 is 10.6 Å². The summed E-state index contributed by atoms with van der Waals surface area (Å²) in [5.41, 5.74) is 3.77. The number of fused-ring (bicyclic) bond motifs is 1. The van der Waals surface area contributed by atoms with Gasteiger partial charge >= 0.3 is 0 Å². The van der Waals surface area contributed by atoms with Gasteiger partial charge in [0.05, 0.1) is 11.1 Å². The van der Waals surface area contributed by atoms with Crippen molar-refractivity contribution >= 4 is 28.3 Å². The zero-order valence-electron chi connectivity index (χ0n) is 17.2. The maximum Gasteiger partial charge on any atom is 0.252 e. The summed E-state index contributed by atoms with van der Waals surface area (Å²) in [5, 5.41) is 7.62. The van der Waals surface area contributed by atoms with Crippen LogP contribution in [0.25, 0.3) is 10.9 Å². The van der Waals surface area contributed by atoms with Crippen LogP contribution in [0.2, 0.25) is 0 Å². The highest BCUT2D eigenvalue weighted by molar-refractivity contribution is 6.07. The number of pyridine rings is 1. The van der Waals surface area contributed by atoms with E-state index in [-0.39, 0.29) is 11.9 Å². The predicted molar refractivity (Wildman–Crippen MR) is 120 cm³/mol. The second kappa shape index (κ2) is 8.64. The molecular weight excluding hydrogens is 358 g/mol. The minimum absolute atomic E-state index is 0.00539. The molecule has 3 aromatic rings. The van der Waals surface area contributed by atoms with Crippen LogP contribution in [0, 0.1) is 5.92 Å². The molecule has 1 heterocycles. The van der Waals surface area contributed by atoms with Crippen molar-refractivity contribution < 1.29 is 4.79 Å². The molecule has 1 aliphatic rings. The number of amides is 1. The molecule has 1 amide bonds. The Kier molecular flexibility index (Phi) is 5.79. The molecule has 2 N–H and O–H groups in total. The zero-order valence-corrected chi connectivity index (χ0v) is 17.2. The number of aromatic nitrogens is 1. The van der Waals surface area contributed by atoms with Gasteiger partial charge in [0.25, 0.3) is 5.91 Å². The Bertz CT molecular complexity index is 1010. The van der Waals surface area contributed by atoms with Crippen LogP contribution in [0.1, 0.15) is 55.5 Å². The summed E-state index contributed by atoms with van der Waals surface area (Å²) in [6, 6.07) is 18.2. The van der Waals surface area contributed by atoms with Gasteiger partial charge < -0.3 is 10.6 Å². The Morgan fingerprint density at radius 1 is 1.07 bits per heavy atom. The molecule has 4 nitrogen and oxygen atoms in total. The van der Waals surface area contributed by atoms with Gasteiger partial charge in [0.1, 0.15) is 5.82 Å². The molecule has 0 bridgehead atoms. The summed E-state index contributed by atoms with van der Waals surface area (Å²) in [6.07, 6.45) is 5.63. The summed E-state index contributed by atoms with van der Waals surface area (Å²) in [5.74, 6) is 1.22. The average Bonchev–Trinajstić information content (AvgIpc) is 2.75. The van der Waals surface area contributed by atoms with Crippen molar-refractivity contribution in [2.24, 2.45) is 5.92 Å². The predicted octanol–water partition coefficient (Wildman–Crippen LogP) is 5.85. The molecule has 1 saturated carbocycles. The van der Waals surface area contributed by atoms with Gasteiger partial charge in [0, 0.05) is 17.1 Å². The number of anilines is 2. The summed E-state index contributed by atoms with van der Waals surface area (Å²) < 4.78 is 0. The van der Waals surface area contributed by atoms with Gasteiger partial charge in [-0.05, 0) is 48.9 Å². The van der Waals surface area contributed by atoms with Crippen molar-refractivity contribution in [3.63, 3.8) is 0 Å². The van der Waals surface area contributed by atoms with E-state index in [1.807, 2.05) is 42.5 Å². The normalized spacial score (nSPS) is 19.1. The SMILES string of the molecule is CCc1ccccc1Nc1cc(C(=O)N[C@H]2CCCC[C@@H]2C)c2ccccc2n1. The van der Waals surface area contributed by atoms with E-state index in [0.717, 1.165) is 29.4 Å². The van der Waals surface area contributed by atoms with E-state index >= 15 is 0 Å². The minimum atomic E-state index is -0.00539. The first-order valence-electron chi connectivity index (χ1n) is 10.7. The van der Waals surface area contributed by atoms with Crippen LogP contribution in [-0.2, 0) is 6.42 Å². The van der Waals surface area contributed by atoms with Gasteiger partial charge in [-0.1, -0.05) is 63.1 Å². The van der Waals surface area contributed by atoms with E-state index in [1.165, 1.54) is 24.8 Å². The Morgan fingerprint density at radius 2 is 1.83 bits per heavy atom. The number of hydrogen-bond donors (Lipinski definition) is 2. The lowest BCUT2D eigenvalue weighted by molar-refractivity contribution is 0.0912. The van der Waals surface area contributed by atoms with Crippen molar-refractivity contribution in [1.29, 1.82) is 0 Å². The third-order valence-electron chi connectivity index (χ3n) is 6.05. The molecule has 4 heteroatoms. The van der Waals surface area contributed by atoms with E-state index in [9.17, 15) is 4.79 Å². The highest BCUT2D eigenvalue weighted by Crippen LogP contribution is 2.27. The Labute approximate surface area is 172 Å². The summed E-state index contributed by atoms with van der Waals surface area (Å²) in [6.45, 7) is 4.38. The monoisotopic (exact) mass is 387 g/mol. The molecule has 150 valence electrons. The van der Waals surface area contributed by atoms with Crippen LogP contribution in [0.3, 0.4) is 0 Å². The molecule has 2 atom stereocenters. The molecule has 0 radical (unpaired) electrons. The summed E-state index contributed by atoms with van der Waals surface area (Å²) in [7, 11) is 0. The first kappa shape index (κ1) is 19.4. The molecule has 4 rings (SSSR count). The first-order chi connectivity index (χ1) is 14.2. The number of hydrogen-bond acceptors (Lipinski definition) is 3. The van der Waals surface area contributed by atoms with Crippen molar-refractivity contribution in [2.75, 3.05) is 5.32 Å². The maximum atomic E-state index is 13.2. The molecule has 0 aliphatic heterocycles. The molecule has 0 unspecified atom stereocenters.